The summed E-state index contributed by atoms with van der Waals surface area (Å²) in [7, 11) is 0. The zero-order chi connectivity index (χ0) is 11.1. The fourth-order valence-electron chi connectivity index (χ4n) is 0.875. The van der Waals surface area contributed by atoms with Gasteiger partial charge in [0.05, 0.1) is 18.3 Å². The quantitative estimate of drug-likeness (QED) is 0.451. The third-order valence-electron chi connectivity index (χ3n) is 1.73. The molecule has 82 valence electrons. The van der Waals surface area contributed by atoms with Crippen LogP contribution in [0.1, 0.15) is 20.3 Å². The first-order valence-electron chi connectivity index (χ1n) is 4.41. The van der Waals surface area contributed by atoms with Gasteiger partial charge in [-0.1, -0.05) is 29.5 Å². The van der Waals surface area contributed by atoms with Gasteiger partial charge in [0.15, 0.2) is 0 Å². The number of ether oxygens (including phenoxy) is 1. The lowest BCUT2D eigenvalue weighted by Crippen LogP contribution is -2.31. The number of carbonyl (C=O) groups excluding carboxylic acids is 1. The molecule has 0 saturated heterocycles. The fourth-order valence-corrected chi connectivity index (χ4v) is 1.50. The summed E-state index contributed by atoms with van der Waals surface area (Å²) < 4.78 is 6.16. The summed E-state index contributed by atoms with van der Waals surface area (Å²) in [6.07, 6.45) is -1.72. The highest BCUT2D eigenvalue weighted by Crippen LogP contribution is 2.13. The molecule has 0 aromatic heterocycles. The van der Waals surface area contributed by atoms with Crippen LogP contribution >= 0.6 is 22.6 Å². The third-order valence-corrected chi connectivity index (χ3v) is 2.40. The highest BCUT2D eigenvalue weighted by atomic mass is 127. The third kappa shape index (κ3) is 3.93. The van der Waals surface area contributed by atoms with Crippen LogP contribution in [0.5, 0.6) is 0 Å². The monoisotopic (exact) mass is 314 g/mol. The summed E-state index contributed by atoms with van der Waals surface area (Å²) in [5, 5.41) is 18.9. The Bertz CT molecular complexity index is 215. The van der Waals surface area contributed by atoms with E-state index in [-0.39, 0.29) is 12.2 Å². The van der Waals surface area contributed by atoms with E-state index in [0.29, 0.717) is 6.42 Å². The molecule has 4 nitrogen and oxygen atoms in total. The lowest BCUT2D eigenvalue weighted by atomic mass is 10.0. The number of carbonyl (C=O) groups is 1. The van der Waals surface area contributed by atoms with Crippen LogP contribution in [0.4, 0.5) is 0 Å². The molecule has 0 unspecified atom stereocenters. The van der Waals surface area contributed by atoms with Gasteiger partial charge in [-0.05, 0) is 17.4 Å². The molecule has 0 amide bonds. The lowest BCUT2D eigenvalue weighted by molar-refractivity contribution is -0.140. The molecule has 0 aromatic carbocycles. The van der Waals surface area contributed by atoms with Crippen LogP contribution in [-0.4, -0.2) is 35.0 Å². The number of aliphatic hydroxyl groups is 2. The van der Waals surface area contributed by atoms with Crippen LogP contribution in [0, 0.1) is 0 Å². The summed E-state index contributed by atoms with van der Waals surface area (Å²) in [6.45, 7) is 3.66. The van der Waals surface area contributed by atoms with Crippen molar-refractivity contribution in [3.8, 4) is 0 Å². The average Bonchev–Trinajstić information content (AvgIpc) is 2.18. The number of aliphatic hydroxyl groups excluding tert-OH is 2. The van der Waals surface area contributed by atoms with Crippen molar-refractivity contribution in [2.24, 2.45) is 0 Å². The molecule has 0 aliphatic rings. The van der Waals surface area contributed by atoms with Crippen LogP contribution in [0.3, 0.4) is 0 Å². The van der Waals surface area contributed by atoms with Gasteiger partial charge in [-0.2, -0.15) is 0 Å². The minimum atomic E-state index is -1.17. The highest BCUT2D eigenvalue weighted by molar-refractivity contribution is 14.1. The van der Waals surface area contributed by atoms with Crippen molar-refractivity contribution >= 4 is 28.6 Å². The second-order valence-corrected chi connectivity index (χ2v) is 3.33. The Morgan fingerprint density at radius 2 is 2.07 bits per heavy atom. The Balaban J connectivity index is 4.49. The molecule has 0 aliphatic heterocycles. The van der Waals surface area contributed by atoms with E-state index in [0.717, 1.165) is 0 Å². The van der Waals surface area contributed by atoms with Crippen molar-refractivity contribution < 1.29 is 19.7 Å². The number of halogens is 1. The number of rotatable bonds is 5. The maximum Gasteiger partial charge on any atom is 0.337 e. The zero-order valence-electron chi connectivity index (χ0n) is 8.24. The SMILES string of the molecule is CCOC(=O)/C(=C\I)[C@H](O)[C@H](O)CC. The molecule has 0 saturated carbocycles. The molecular formula is C9H15IO4. The van der Waals surface area contributed by atoms with Gasteiger partial charge in [-0.15, -0.1) is 0 Å². The number of hydrogen-bond donors (Lipinski definition) is 2. The summed E-state index contributed by atoms with van der Waals surface area (Å²) >= 11 is 1.84. The molecule has 0 aromatic rings. The van der Waals surface area contributed by atoms with E-state index in [1.165, 1.54) is 4.08 Å². The molecule has 0 fully saturated rings. The maximum absolute atomic E-state index is 11.3. The Kier molecular flexibility index (Phi) is 7.12. The van der Waals surface area contributed by atoms with Gasteiger partial charge in [-0.3, -0.25) is 0 Å². The fraction of sp³-hybridized carbons (Fsp3) is 0.667. The van der Waals surface area contributed by atoms with Crippen molar-refractivity contribution in [2.45, 2.75) is 32.5 Å². The average molecular weight is 314 g/mol. The Morgan fingerprint density at radius 3 is 2.43 bits per heavy atom. The number of esters is 1. The van der Waals surface area contributed by atoms with Crippen LogP contribution in [0.15, 0.2) is 9.66 Å². The summed E-state index contributed by atoms with van der Waals surface area (Å²) in [5.74, 6) is -0.582. The lowest BCUT2D eigenvalue weighted by Gasteiger charge is -2.17. The van der Waals surface area contributed by atoms with E-state index in [1.807, 2.05) is 22.6 Å². The van der Waals surface area contributed by atoms with E-state index in [2.05, 4.69) is 0 Å². The first-order valence-corrected chi connectivity index (χ1v) is 5.66. The van der Waals surface area contributed by atoms with Crippen molar-refractivity contribution in [3.05, 3.63) is 9.66 Å². The topological polar surface area (TPSA) is 66.8 Å². The van der Waals surface area contributed by atoms with Gasteiger partial charge >= 0.3 is 5.97 Å². The van der Waals surface area contributed by atoms with Gasteiger partial charge < -0.3 is 14.9 Å². The van der Waals surface area contributed by atoms with E-state index in [1.54, 1.807) is 13.8 Å². The van der Waals surface area contributed by atoms with Gasteiger partial charge in [0.1, 0.15) is 6.10 Å². The molecule has 14 heavy (non-hydrogen) atoms. The second-order valence-electron chi connectivity index (χ2n) is 2.71. The van der Waals surface area contributed by atoms with Crippen molar-refractivity contribution in [1.82, 2.24) is 0 Å². The molecule has 0 aliphatic carbocycles. The standard InChI is InChI=1S/C9H15IO4/c1-3-7(11)8(12)6(5-10)9(13)14-4-2/h5,7-8,11-12H,3-4H2,1-2H3/b6-5-/t7-,8+/m1/s1. The predicted octanol–water partition coefficient (Wildman–Crippen LogP) is 1.00. The van der Waals surface area contributed by atoms with Crippen molar-refractivity contribution in [3.63, 3.8) is 0 Å². The minimum Gasteiger partial charge on any atom is -0.463 e. The van der Waals surface area contributed by atoms with Crippen molar-refractivity contribution in [1.29, 1.82) is 0 Å². The largest absolute Gasteiger partial charge is 0.463 e. The molecule has 2 atom stereocenters. The predicted molar refractivity (Wildman–Crippen MR) is 61.0 cm³/mol. The first-order chi connectivity index (χ1) is 6.58. The molecule has 0 spiro atoms. The molecular weight excluding hydrogens is 299 g/mol. The smallest absolute Gasteiger partial charge is 0.337 e. The minimum absolute atomic E-state index is 0.0989. The molecule has 2 N–H and O–H groups in total. The normalized spacial score (nSPS) is 16.2. The molecule has 0 rings (SSSR count). The number of hydrogen-bond acceptors (Lipinski definition) is 4. The van der Waals surface area contributed by atoms with Crippen molar-refractivity contribution in [2.75, 3.05) is 6.61 Å². The zero-order valence-corrected chi connectivity index (χ0v) is 10.4. The van der Waals surface area contributed by atoms with E-state index < -0.39 is 18.2 Å². The molecule has 0 heterocycles. The molecule has 5 heteroatoms. The Morgan fingerprint density at radius 1 is 1.50 bits per heavy atom. The summed E-state index contributed by atoms with van der Waals surface area (Å²) in [6, 6.07) is 0. The molecule has 0 radical (unpaired) electrons. The van der Waals surface area contributed by atoms with Gasteiger partial charge in [0.25, 0.3) is 0 Å². The van der Waals surface area contributed by atoms with Gasteiger partial charge in [0, 0.05) is 0 Å². The van der Waals surface area contributed by atoms with Crippen LogP contribution in [-0.2, 0) is 9.53 Å². The maximum atomic E-state index is 11.3. The summed E-state index contributed by atoms with van der Waals surface area (Å²) in [4.78, 5) is 11.3. The van der Waals surface area contributed by atoms with Crippen LogP contribution < -0.4 is 0 Å². The molecule has 0 bridgehead atoms. The van der Waals surface area contributed by atoms with Gasteiger partial charge in [-0.25, -0.2) is 4.79 Å². The second kappa shape index (κ2) is 7.19. The Hall–Kier alpha value is -0.140. The first kappa shape index (κ1) is 13.9. The summed E-state index contributed by atoms with van der Waals surface area (Å²) in [5.41, 5.74) is 0.0989. The Labute approximate surface area is 97.1 Å². The van der Waals surface area contributed by atoms with Gasteiger partial charge in [0.2, 0.25) is 0 Å². The van der Waals surface area contributed by atoms with Crippen LogP contribution in [0.2, 0.25) is 0 Å². The highest BCUT2D eigenvalue weighted by Gasteiger charge is 2.25. The van der Waals surface area contributed by atoms with E-state index >= 15 is 0 Å². The van der Waals surface area contributed by atoms with Crippen LogP contribution in [0.25, 0.3) is 0 Å². The van der Waals surface area contributed by atoms with E-state index in [9.17, 15) is 15.0 Å². The van der Waals surface area contributed by atoms with E-state index in [4.69, 9.17) is 4.74 Å².